The third kappa shape index (κ3) is 3.75. The second-order valence-corrected chi connectivity index (χ2v) is 5.73. The first-order chi connectivity index (χ1) is 9.61. The summed E-state index contributed by atoms with van der Waals surface area (Å²) in [5.74, 6) is -0.134. The van der Waals surface area contributed by atoms with E-state index in [-0.39, 0.29) is 30.4 Å². The highest BCUT2D eigenvalue weighted by atomic mass is 19.1. The smallest absolute Gasteiger partial charge is 0.141 e. The van der Waals surface area contributed by atoms with E-state index in [2.05, 4.69) is 16.8 Å². The molecule has 0 amide bonds. The van der Waals surface area contributed by atoms with E-state index < -0.39 is 0 Å². The van der Waals surface area contributed by atoms with E-state index in [4.69, 9.17) is 5.73 Å². The molecule has 2 heterocycles. The number of nitrogens with two attached hydrogens (primary N) is 1. The molecule has 112 valence electrons. The first-order valence-corrected chi connectivity index (χ1v) is 7.33. The van der Waals surface area contributed by atoms with E-state index in [1.807, 2.05) is 0 Å². The Balaban J connectivity index is 1.96. The van der Waals surface area contributed by atoms with Crippen molar-refractivity contribution >= 4 is 0 Å². The van der Waals surface area contributed by atoms with Crippen molar-refractivity contribution in [1.29, 1.82) is 0 Å². The molecule has 0 aliphatic carbocycles. The summed E-state index contributed by atoms with van der Waals surface area (Å²) < 4.78 is 12.9. The lowest BCUT2D eigenvalue weighted by molar-refractivity contribution is 0.0743. The summed E-state index contributed by atoms with van der Waals surface area (Å²) in [6, 6.07) is 3.08. The lowest BCUT2D eigenvalue weighted by Crippen LogP contribution is -2.45. The standard InChI is InChI=1S/C15H24FN3O/c1-11(9-19-7-3-2-4-13(19)10-20)15(17)14-6-5-12(16)8-18-14/h5-6,8,11,13,15,20H,2-4,7,9-10,17H2,1H3. The highest BCUT2D eigenvalue weighted by molar-refractivity contribution is 5.10. The summed E-state index contributed by atoms with van der Waals surface area (Å²) in [6.07, 6.45) is 4.61. The number of hydrogen-bond acceptors (Lipinski definition) is 4. The molecular weight excluding hydrogens is 257 g/mol. The van der Waals surface area contributed by atoms with Crippen molar-refractivity contribution in [3.05, 3.63) is 29.8 Å². The molecule has 20 heavy (non-hydrogen) atoms. The number of nitrogens with zero attached hydrogens (tertiary/aromatic N) is 2. The van der Waals surface area contributed by atoms with Crippen molar-refractivity contribution in [3.63, 3.8) is 0 Å². The third-order valence-electron chi connectivity index (χ3n) is 4.19. The van der Waals surface area contributed by atoms with Crippen LogP contribution in [0.3, 0.4) is 0 Å². The fourth-order valence-electron chi connectivity index (χ4n) is 2.87. The Labute approximate surface area is 119 Å². The van der Waals surface area contributed by atoms with Gasteiger partial charge in [0.25, 0.3) is 0 Å². The average molecular weight is 281 g/mol. The zero-order chi connectivity index (χ0) is 14.5. The first kappa shape index (κ1) is 15.4. The number of halogens is 1. The molecular formula is C15H24FN3O. The minimum atomic E-state index is -0.343. The Morgan fingerprint density at radius 2 is 2.30 bits per heavy atom. The molecule has 5 heteroatoms. The van der Waals surface area contributed by atoms with Crippen LogP contribution in [-0.4, -0.2) is 40.7 Å². The first-order valence-electron chi connectivity index (χ1n) is 7.33. The second kappa shape index (κ2) is 7.11. The Kier molecular flexibility index (Phi) is 5.46. The molecule has 1 saturated heterocycles. The van der Waals surface area contributed by atoms with Crippen molar-refractivity contribution in [2.24, 2.45) is 11.7 Å². The highest BCUT2D eigenvalue weighted by Crippen LogP contribution is 2.23. The maximum Gasteiger partial charge on any atom is 0.141 e. The van der Waals surface area contributed by atoms with Gasteiger partial charge in [0.1, 0.15) is 5.82 Å². The monoisotopic (exact) mass is 281 g/mol. The van der Waals surface area contributed by atoms with Crippen molar-refractivity contribution in [2.75, 3.05) is 19.7 Å². The zero-order valence-corrected chi connectivity index (χ0v) is 12.0. The third-order valence-corrected chi connectivity index (χ3v) is 4.19. The Morgan fingerprint density at radius 1 is 1.50 bits per heavy atom. The summed E-state index contributed by atoms with van der Waals surface area (Å²) in [7, 11) is 0. The molecule has 3 unspecified atom stereocenters. The van der Waals surface area contributed by atoms with E-state index in [1.165, 1.54) is 25.1 Å². The van der Waals surface area contributed by atoms with Gasteiger partial charge < -0.3 is 10.8 Å². The molecule has 1 aromatic heterocycles. The minimum absolute atomic E-state index is 0.205. The van der Waals surface area contributed by atoms with Crippen LogP contribution in [0.2, 0.25) is 0 Å². The number of hydrogen-bond donors (Lipinski definition) is 2. The molecule has 4 nitrogen and oxygen atoms in total. The van der Waals surface area contributed by atoms with Crippen molar-refractivity contribution < 1.29 is 9.50 Å². The second-order valence-electron chi connectivity index (χ2n) is 5.73. The van der Waals surface area contributed by atoms with Crippen molar-refractivity contribution in [2.45, 2.75) is 38.3 Å². The quantitative estimate of drug-likeness (QED) is 0.862. The molecule has 3 atom stereocenters. The van der Waals surface area contributed by atoms with Crippen LogP contribution in [0.25, 0.3) is 0 Å². The predicted molar refractivity (Wildman–Crippen MR) is 76.6 cm³/mol. The van der Waals surface area contributed by atoms with Gasteiger partial charge in [-0.05, 0) is 37.4 Å². The van der Waals surface area contributed by atoms with E-state index >= 15 is 0 Å². The van der Waals surface area contributed by atoms with Gasteiger partial charge in [-0.15, -0.1) is 0 Å². The molecule has 0 radical (unpaired) electrons. The van der Waals surface area contributed by atoms with Crippen LogP contribution in [0, 0.1) is 11.7 Å². The van der Waals surface area contributed by atoms with Crippen molar-refractivity contribution in [3.8, 4) is 0 Å². The number of aromatic nitrogens is 1. The predicted octanol–water partition coefficient (Wildman–Crippen LogP) is 1.70. The molecule has 0 saturated carbocycles. The van der Waals surface area contributed by atoms with Gasteiger partial charge in [0.15, 0.2) is 0 Å². The van der Waals surface area contributed by atoms with Crippen molar-refractivity contribution in [1.82, 2.24) is 9.88 Å². The summed E-state index contributed by atoms with van der Waals surface area (Å²) >= 11 is 0. The molecule has 1 aromatic rings. The number of pyridine rings is 1. The van der Waals surface area contributed by atoms with Gasteiger partial charge in [-0.2, -0.15) is 0 Å². The molecule has 1 aliphatic heterocycles. The Morgan fingerprint density at radius 3 is 2.95 bits per heavy atom. The Hall–Kier alpha value is -1.04. The van der Waals surface area contributed by atoms with E-state index in [0.29, 0.717) is 0 Å². The van der Waals surface area contributed by atoms with Gasteiger partial charge in [-0.3, -0.25) is 9.88 Å². The minimum Gasteiger partial charge on any atom is -0.395 e. The van der Waals surface area contributed by atoms with E-state index in [9.17, 15) is 9.50 Å². The lowest BCUT2D eigenvalue weighted by Gasteiger charge is -2.37. The van der Waals surface area contributed by atoms with Gasteiger partial charge in [-0.1, -0.05) is 13.3 Å². The van der Waals surface area contributed by atoms with Crippen LogP contribution in [-0.2, 0) is 0 Å². The van der Waals surface area contributed by atoms with E-state index in [0.717, 1.165) is 25.2 Å². The van der Waals surface area contributed by atoms with Gasteiger partial charge in [0.2, 0.25) is 0 Å². The summed E-state index contributed by atoms with van der Waals surface area (Å²) in [5, 5.41) is 9.43. The van der Waals surface area contributed by atoms with Crippen LogP contribution < -0.4 is 5.73 Å². The molecule has 1 fully saturated rings. The number of rotatable bonds is 5. The molecule has 0 spiro atoms. The molecule has 0 aromatic carbocycles. The highest BCUT2D eigenvalue weighted by Gasteiger charge is 2.25. The largest absolute Gasteiger partial charge is 0.395 e. The zero-order valence-electron chi connectivity index (χ0n) is 12.0. The van der Waals surface area contributed by atoms with Crippen LogP contribution in [0.4, 0.5) is 4.39 Å². The normalized spacial score (nSPS) is 23.5. The van der Waals surface area contributed by atoms with E-state index in [1.54, 1.807) is 6.07 Å². The number of likely N-dealkylation sites (tertiary alicyclic amines) is 1. The van der Waals surface area contributed by atoms with Gasteiger partial charge in [0, 0.05) is 12.6 Å². The van der Waals surface area contributed by atoms with Crippen LogP contribution >= 0.6 is 0 Å². The maximum absolute atomic E-state index is 12.9. The summed E-state index contributed by atoms with van der Waals surface area (Å²) in [4.78, 5) is 6.38. The van der Waals surface area contributed by atoms with Crippen LogP contribution in [0.1, 0.15) is 37.9 Å². The topological polar surface area (TPSA) is 62.4 Å². The SMILES string of the molecule is CC(CN1CCCCC1CO)C(N)c1ccc(F)cn1. The van der Waals surface area contributed by atoms with Crippen LogP contribution in [0.15, 0.2) is 18.3 Å². The van der Waals surface area contributed by atoms with Gasteiger partial charge in [0.05, 0.1) is 24.5 Å². The Bertz CT molecular complexity index is 412. The van der Waals surface area contributed by atoms with Crippen LogP contribution in [0.5, 0.6) is 0 Å². The van der Waals surface area contributed by atoms with Gasteiger partial charge in [-0.25, -0.2) is 4.39 Å². The molecule has 1 aliphatic rings. The number of aliphatic hydroxyl groups is 1. The molecule has 0 bridgehead atoms. The number of aliphatic hydroxyl groups excluding tert-OH is 1. The molecule has 3 N–H and O–H groups in total. The summed E-state index contributed by atoms with van der Waals surface area (Å²) in [5.41, 5.74) is 6.94. The average Bonchev–Trinajstić information content (AvgIpc) is 2.48. The molecule has 2 rings (SSSR count). The lowest BCUT2D eigenvalue weighted by atomic mass is 9.95. The fraction of sp³-hybridized carbons (Fsp3) is 0.667. The number of piperidine rings is 1. The summed E-state index contributed by atoms with van der Waals surface area (Å²) in [6.45, 7) is 4.14. The fourth-order valence-corrected chi connectivity index (χ4v) is 2.87. The maximum atomic E-state index is 12.9. The van der Waals surface area contributed by atoms with Gasteiger partial charge >= 0.3 is 0 Å².